The molecule has 0 rings (SSSR count). The maximum absolute atomic E-state index is 11.1. The molecule has 0 saturated heterocycles. The van der Waals surface area contributed by atoms with E-state index in [1.807, 2.05) is 33.8 Å². The second-order valence-corrected chi connectivity index (χ2v) is 3.62. The summed E-state index contributed by atoms with van der Waals surface area (Å²) in [5.41, 5.74) is 1.22. The summed E-state index contributed by atoms with van der Waals surface area (Å²) in [5, 5.41) is 5.84. The zero-order valence-corrected chi connectivity index (χ0v) is 8.98. The Morgan fingerprint density at radius 3 is 2.46 bits per heavy atom. The highest BCUT2D eigenvalue weighted by Crippen LogP contribution is 1.85. The van der Waals surface area contributed by atoms with Gasteiger partial charge in [0.1, 0.15) is 0 Å². The van der Waals surface area contributed by atoms with Crippen molar-refractivity contribution in [1.82, 2.24) is 10.6 Å². The van der Waals surface area contributed by atoms with Crippen molar-refractivity contribution in [3.05, 3.63) is 11.6 Å². The number of nitrogens with one attached hydrogen (secondary N) is 2. The molecule has 0 radical (unpaired) electrons. The minimum atomic E-state index is 0.0474. The third-order valence-electron chi connectivity index (χ3n) is 1.48. The monoisotopic (exact) mass is 184 g/mol. The number of amides is 1. The summed E-state index contributed by atoms with van der Waals surface area (Å²) >= 11 is 0. The van der Waals surface area contributed by atoms with E-state index in [9.17, 15) is 4.79 Å². The van der Waals surface area contributed by atoms with Crippen molar-refractivity contribution in [1.29, 1.82) is 0 Å². The fraction of sp³-hybridized carbons (Fsp3) is 0.700. The van der Waals surface area contributed by atoms with Crippen LogP contribution in [0.3, 0.4) is 0 Å². The molecule has 3 heteroatoms. The minimum absolute atomic E-state index is 0.0474. The van der Waals surface area contributed by atoms with Crippen LogP contribution in [0.15, 0.2) is 11.6 Å². The average Bonchev–Trinajstić information content (AvgIpc) is 2.00. The number of hydrogen-bond acceptors (Lipinski definition) is 2. The summed E-state index contributed by atoms with van der Waals surface area (Å²) in [6, 6.07) is 0.356. The summed E-state index contributed by atoms with van der Waals surface area (Å²) in [5.74, 6) is 0.0474. The number of carbonyl (C=O) groups excluding carboxylic acids is 1. The maximum atomic E-state index is 11.1. The highest BCUT2D eigenvalue weighted by atomic mass is 16.1. The first-order chi connectivity index (χ1) is 6.02. The molecule has 0 bridgehead atoms. The van der Waals surface area contributed by atoms with Crippen molar-refractivity contribution in [3.8, 4) is 0 Å². The van der Waals surface area contributed by atoms with Crippen molar-refractivity contribution in [3.63, 3.8) is 0 Å². The van der Waals surface area contributed by atoms with Crippen molar-refractivity contribution in [2.24, 2.45) is 0 Å². The van der Waals surface area contributed by atoms with Crippen LogP contribution in [0.2, 0.25) is 0 Å². The van der Waals surface area contributed by atoms with Gasteiger partial charge in [-0.05, 0) is 13.8 Å². The van der Waals surface area contributed by atoms with Gasteiger partial charge in [0.2, 0.25) is 5.91 Å². The predicted molar refractivity (Wildman–Crippen MR) is 55.6 cm³/mol. The molecule has 0 aromatic heterocycles. The van der Waals surface area contributed by atoms with Gasteiger partial charge in [-0.1, -0.05) is 25.5 Å². The standard InChI is InChI=1S/C10H20N2O/c1-8(2)5-6-11-10(13)7-12-9(3)4/h5,9,12H,6-7H2,1-4H3,(H,11,13). The highest BCUT2D eigenvalue weighted by Gasteiger charge is 1.99. The molecular weight excluding hydrogens is 164 g/mol. The Labute approximate surface area is 80.6 Å². The third-order valence-corrected chi connectivity index (χ3v) is 1.48. The Hall–Kier alpha value is -0.830. The number of carbonyl (C=O) groups is 1. The molecule has 1 amide bonds. The van der Waals surface area contributed by atoms with Crippen LogP contribution in [0, 0.1) is 0 Å². The lowest BCUT2D eigenvalue weighted by Gasteiger charge is -2.07. The zero-order valence-electron chi connectivity index (χ0n) is 8.98. The molecule has 0 aliphatic carbocycles. The normalized spacial score (nSPS) is 9.92. The van der Waals surface area contributed by atoms with Gasteiger partial charge in [0.15, 0.2) is 0 Å². The number of hydrogen-bond donors (Lipinski definition) is 2. The van der Waals surface area contributed by atoms with Gasteiger partial charge in [-0.3, -0.25) is 4.79 Å². The van der Waals surface area contributed by atoms with Crippen LogP contribution >= 0.6 is 0 Å². The minimum Gasteiger partial charge on any atom is -0.352 e. The third kappa shape index (κ3) is 9.08. The lowest BCUT2D eigenvalue weighted by Crippen LogP contribution is -2.36. The Balaban J connectivity index is 3.47. The van der Waals surface area contributed by atoms with Crippen LogP contribution in [-0.4, -0.2) is 25.0 Å². The molecule has 0 spiro atoms. The number of allylic oxidation sites excluding steroid dienone is 1. The van der Waals surface area contributed by atoms with E-state index in [4.69, 9.17) is 0 Å². The van der Waals surface area contributed by atoms with Crippen LogP contribution in [0.25, 0.3) is 0 Å². The van der Waals surface area contributed by atoms with Crippen LogP contribution < -0.4 is 10.6 Å². The highest BCUT2D eigenvalue weighted by molar-refractivity contribution is 5.78. The molecule has 2 N–H and O–H groups in total. The van der Waals surface area contributed by atoms with Crippen molar-refractivity contribution in [2.45, 2.75) is 33.7 Å². The molecular formula is C10H20N2O. The van der Waals surface area contributed by atoms with Gasteiger partial charge in [-0.2, -0.15) is 0 Å². The summed E-state index contributed by atoms with van der Waals surface area (Å²) in [4.78, 5) is 11.1. The quantitative estimate of drug-likeness (QED) is 0.627. The van der Waals surface area contributed by atoms with E-state index in [-0.39, 0.29) is 5.91 Å². The summed E-state index contributed by atoms with van der Waals surface area (Å²) in [6.07, 6.45) is 1.99. The molecule has 0 aliphatic heterocycles. The van der Waals surface area contributed by atoms with Crippen LogP contribution in [0.5, 0.6) is 0 Å². The summed E-state index contributed by atoms with van der Waals surface area (Å²) in [6.45, 7) is 9.08. The SMILES string of the molecule is CC(C)=CCNC(=O)CNC(C)C. The van der Waals surface area contributed by atoms with E-state index in [0.29, 0.717) is 19.1 Å². The van der Waals surface area contributed by atoms with E-state index < -0.39 is 0 Å². The van der Waals surface area contributed by atoms with Gasteiger partial charge >= 0.3 is 0 Å². The maximum Gasteiger partial charge on any atom is 0.234 e. The molecule has 0 aromatic rings. The largest absolute Gasteiger partial charge is 0.352 e. The summed E-state index contributed by atoms with van der Waals surface area (Å²) < 4.78 is 0. The Kier molecular flexibility index (Phi) is 6.24. The molecule has 13 heavy (non-hydrogen) atoms. The molecule has 0 fully saturated rings. The van der Waals surface area contributed by atoms with Crippen LogP contribution in [0.1, 0.15) is 27.7 Å². The molecule has 3 nitrogen and oxygen atoms in total. The van der Waals surface area contributed by atoms with E-state index in [2.05, 4.69) is 10.6 Å². The first kappa shape index (κ1) is 12.2. The predicted octanol–water partition coefficient (Wildman–Crippen LogP) is 1.07. The molecule has 0 aliphatic rings. The fourth-order valence-corrected chi connectivity index (χ4v) is 0.728. The van der Waals surface area contributed by atoms with Crippen LogP contribution in [0.4, 0.5) is 0 Å². The van der Waals surface area contributed by atoms with Crippen molar-refractivity contribution < 1.29 is 4.79 Å². The zero-order chi connectivity index (χ0) is 10.3. The molecule has 0 aromatic carbocycles. The number of rotatable bonds is 5. The van der Waals surface area contributed by atoms with E-state index in [0.717, 1.165) is 0 Å². The first-order valence-electron chi connectivity index (χ1n) is 4.66. The lowest BCUT2D eigenvalue weighted by atomic mass is 10.3. The molecule has 0 atom stereocenters. The van der Waals surface area contributed by atoms with Gasteiger partial charge in [-0.25, -0.2) is 0 Å². The Morgan fingerprint density at radius 1 is 1.38 bits per heavy atom. The van der Waals surface area contributed by atoms with Crippen LogP contribution in [-0.2, 0) is 4.79 Å². The first-order valence-corrected chi connectivity index (χ1v) is 4.66. The second kappa shape index (κ2) is 6.66. The van der Waals surface area contributed by atoms with E-state index >= 15 is 0 Å². The van der Waals surface area contributed by atoms with Gasteiger partial charge < -0.3 is 10.6 Å². The molecule has 0 heterocycles. The Bertz CT molecular complexity index is 181. The molecule has 0 unspecified atom stereocenters. The van der Waals surface area contributed by atoms with E-state index in [1.165, 1.54) is 5.57 Å². The topological polar surface area (TPSA) is 41.1 Å². The van der Waals surface area contributed by atoms with E-state index in [1.54, 1.807) is 0 Å². The van der Waals surface area contributed by atoms with Gasteiger partial charge in [0.25, 0.3) is 0 Å². The van der Waals surface area contributed by atoms with Crippen molar-refractivity contribution in [2.75, 3.05) is 13.1 Å². The smallest absolute Gasteiger partial charge is 0.234 e. The lowest BCUT2D eigenvalue weighted by molar-refractivity contribution is -0.120. The average molecular weight is 184 g/mol. The second-order valence-electron chi connectivity index (χ2n) is 3.62. The fourth-order valence-electron chi connectivity index (χ4n) is 0.728. The molecule has 0 saturated carbocycles. The van der Waals surface area contributed by atoms with Crippen molar-refractivity contribution >= 4 is 5.91 Å². The summed E-state index contributed by atoms with van der Waals surface area (Å²) in [7, 11) is 0. The molecule has 76 valence electrons. The van der Waals surface area contributed by atoms with Gasteiger partial charge in [0, 0.05) is 12.6 Å². The van der Waals surface area contributed by atoms with Gasteiger partial charge in [-0.15, -0.1) is 0 Å². The van der Waals surface area contributed by atoms with Gasteiger partial charge in [0.05, 0.1) is 6.54 Å². The Morgan fingerprint density at radius 2 is 2.00 bits per heavy atom.